The molecule has 2 nitrogen and oxygen atoms in total. The van der Waals surface area contributed by atoms with Gasteiger partial charge in [0, 0.05) is 39.7 Å². The van der Waals surface area contributed by atoms with E-state index in [4.69, 9.17) is 0 Å². The average Bonchev–Trinajstić information content (AvgIpc) is 3.29. The summed E-state index contributed by atoms with van der Waals surface area (Å²) in [4.78, 5) is 5.10. The molecule has 0 radical (unpaired) electrons. The minimum Gasteiger partial charge on any atom is -0.335 e. The van der Waals surface area contributed by atoms with Crippen LogP contribution in [0.2, 0.25) is 0 Å². The summed E-state index contributed by atoms with van der Waals surface area (Å²) in [6, 6.07) is 38.8. The van der Waals surface area contributed by atoms with Crippen molar-refractivity contribution in [3.63, 3.8) is 0 Å². The summed E-state index contributed by atoms with van der Waals surface area (Å²) in [5, 5.41) is 2.71. The van der Waals surface area contributed by atoms with Crippen molar-refractivity contribution in [3.05, 3.63) is 166 Å². The van der Waals surface area contributed by atoms with Crippen LogP contribution >= 0.6 is 0 Å². The van der Waals surface area contributed by atoms with Crippen molar-refractivity contribution in [1.29, 1.82) is 0 Å². The Bertz CT molecular complexity index is 2990. The van der Waals surface area contributed by atoms with Gasteiger partial charge in [0.1, 0.15) is 0 Å². The minimum atomic E-state index is -4.37. The van der Waals surface area contributed by atoms with E-state index in [0.29, 0.717) is 0 Å². The van der Waals surface area contributed by atoms with Crippen LogP contribution in [0, 0.1) is 17.8 Å². The Labute approximate surface area is 382 Å². The molecule has 0 aromatic heterocycles. The van der Waals surface area contributed by atoms with Crippen LogP contribution in [0.5, 0.6) is 0 Å². The lowest BCUT2D eigenvalue weighted by Crippen LogP contribution is -2.60. The molecule has 6 aliphatic rings. The summed E-state index contributed by atoms with van der Waals surface area (Å²) < 4.78 is 41.2. The number of allylic oxidation sites excluding steroid dienone is 3. The van der Waals surface area contributed by atoms with Gasteiger partial charge in [0.05, 0.1) is 5.56 Å². The van der Waals surface area contributed by atoms with Crippen LogP contribution in [-0.4, -0.2) is 11.1 Å². The molecule has 5 unspecified atom stereocenters. The molecule has 0 N–H and O–H groups in total. The number of hydrogen-bond donors (Lipinski definition) is 0. The molecular formula is C60H59F3N2. The summed E-state index contributed by atoms with van der Waals surface area (Å²) >= 11 is 0. The Morgan fingerprint density at radius 2 is 1.20 bits per heavy atom. The first-order valence-corrected chi connectivity index (χ1v) is 24.3. The number of hydrogen-bond acceptors (Lipinski definition) is 2. The van der Waals surface area contributed by atoms with Gasteiger partial charge in [-0.1, -0.05) is 118 Å². The zero-order chi connectivity index (χ0) is 44.7. The van der Waals surface area contributed by atoms with E-state index in [1.165, 1.54) is 122 Å². The molecular weight excluding hydrogens is 806 g/mol. The van der Waals surface area contributed by atoms with Crippen molar-refractivity contribution in [1.82, 2.24) is 0 Å². The van der Waals surface area contributed by atoms with Crippen molar-refractivity contribution in [2.45, 2.75) is 128 Å². The first-order valence-electron chi connectivity index (χ1n) is 24.3. The standard InChI is InChI=1S/C60H59F3N2/c1-38-10-20-46(21-11-38)64-52-28-16-41(34-43(52)36-56(2)30-6-8-32-58(56,64)4)48-24-12-39-15-27-51-49(25-13-40-14-26-50(48)54(39)55(40)51)42-17-29-53-44(35-42)37-57(3)31-7-9-33-59(57,5)65(53)47-22-18-45(19-23-47)60(61,62)63/h10-14,16-29,34-35,49H,6-9,15,30-33,36-37H2,1-5H3. The fraction of sp³-hybridized carbons (Fsp3) is 0.367. The number of halogens is 3. The number of fused-ring (bicyclic) bond motifs is 4. The zero-order valence-electron chi connectivity index (χ0n) is 38.5. The van der Waals surface area contributed by atoms with E-state index in [2.05, 4.69) is 148 Å². The number of benzene rings is 6. The molecule has 12 rings (SSSR count). The van der Waals surface area contributed by atoms with Crippen molar-refractivity contribution < 1.29 is 13.2 Å². The lowest BCUT2D eigenvalue weighted by molar-refractivity contribution is -0.137. The van der Waals surface area contributed by atoms with E-state index in [-0.39, 0.29) is 27.8 Å². The minimum absolute atomic E-state index is 0.0242. The lowest BCUT2D eigenvalue weighted by Gasteiger charge is -2.60. The van der Waals surface area contributed by atoms with Crippen molar-refractivity contribution in [3.8, 4) is 11.1 Å². The molecule has 6 aromatic carbocycles. The molecule has 0 saturated heterocycles. The Kier molecular flexibility index (Phi) is 8.96. The summed E-state index contributed by atoms with van der Waals surface area (Å²) in [6.45, 7) is 12.0. The van der Waals surface area contributed by atoms with Crippen molar-refractivity contribution in [2.24, 2.45) is 10.8 Å². The number of alkyl halides is 3. The van der Waals surface area contributed by atoms with E-state index in [1.807, 2.05) is 0 Å². The Balaban J connectivity index is 0.931. The highest BCUT2D eigenvalue weighted by atomic mass is 19.4. The fourth-order valence-corrected chi connectivity index (χ4v) is 14.0. The molecule has 5 atom stereocenters. The van der Waals surface area contributed by atoms with Crippen LogP contribution in [0.3, 0.4) is 0 Å². The molecule has 2 aliphatic heterocycles. The molecule has 5 heteroatoms. The first-order chi connectivity index (χ1) is 31.2. The summed E-state index contributed by atoms with van der Waals surface area (Å²) in [5.41, 5.74) is 17.3. The van der Waals surface area contributed by atoms with Crippen molar-refractivity contribution >= 4 is 45.2 Å². The molecule has 6 aromatic rings. The summed E-state index contributed by atoms with van der Waals surface area (Å²) in [7, 11) is 0. The van der Waals surface area contributed by atoms with Gasteiger partial charge in [0.2, 0.25) is 0 Å². The second-order valence-electron chi connectivity index (χ2n) is 21.6. The lowest BCUT2D eigenvalue weighted by atomic mass is 9.57. The molecule has 2 heterocycles. The Morgan fingerprint density at radius 1 is 0.600 bits per heavy atom. The third-order valence-corrected chi connectivity index (χ3v) is 18.0. The van der Waals surface area contributed by atoms with E-state index >= 15 is 0 Å². The highest BCUT2D eigenvalue weighted by Crippen LogP contribution is 2.60. The predicted molar refractivity (Wildman–Crippen MR) is 264 cm³/mol. The number of nitrogens with zero attached hydrogens (tertiary/aromatic N) is 2. The van der Waals surface area contributed by atoms with Gasteiger partial charge in [-0.3, -0.25) is 0 Å². The Morgan fingerprint density at radius 3 is 1.85 bits per heavy atom. The molecule has 65 heavy (non-hydrogen) atoms. The predicted octanol–water partition coefficient (Wildman–Crippen LogP) is 16.7. The maximum atomic E-state index is 13.7. The van der Waals surface area contributed by atoms with E-state index < -0.39 is 11.7 Å². The summed E-state index contributed by atoms with van der Waals surface area (Å²) in [6.07, 6.45) is 15.2. The van der Waals surface area contributed by atoms with Crippen LogP contribution in [0.25, 0.3) is 33.5 Å². The van der Waals surface area contributed by atoms with Crippen LogP contribution in [-0.2, 0) is 25.4 Å². The van der Waals surface area contributed by atoms with Gasteiger partial charge < -0.3 is 9.80 Å². The highest BCUT2D eigenvalue weighted by molar-refractivity contribution is 6.09. The van der Waals surface area contributed by atoms with Crippen LogP contribution in [0.1, 0.15) is 129 Å². The van der Waals surface area contributed by atoms with Gasteiger partial charge >= 0.3 is 6.18 Å². The fourth-order valence-electron chi connectivity index (χ4n) is 14.0. The van der Waals surface area contributed by atoms with E-state index in [9.17, 15) is 13.2 Å². The third-order valence-electron chi connectivity index (χ3n) is 18.0. The largest absolute Gasteiger partial charge is 0.416 e. The zero-order valence-corrected chi connectivity index (χ0v) is 38.5. The van der Waals surface area contributed by atoms with Crippen LogP contribution < -0.4 is 9.80 Å². The molecule has 2 saturated carbocycles. The Hall–Kier alpha value is -5.55. The molecule has 0 bridgehead atoms. The molecule has 4 aliphatic carbocycles. The maximum absolute atomic E-state index is 13.7. The normalized spacial score (nSPS) is 27.7. The van der Waals surface area contributed by atoms with Gasteiger partial charge in [-0.15, -0.1) is 0 Å². The molecule has 0 amide bonds. The molecule has 0 spiro atoms. The van der Waals surface area contributed by atoms with Gasteiger partial charge in [0.25, 0.3) is 0 Å². The smallest absolute Gasteiger partial charge is 0.335 e. The summed E-state index contributed by atoms with van der Waals surface area (Å²) in [5.74, 6) is 0.101. The van der Waals surface area contributed by atoms with Gasteiger partial charge in [-0.05, 0) is 192 Å². The SMILES string of the molecule is Cc1ccc(N2c3ccc(-c4ccc5c6c7c(ccc46)C=CC(c4ccc6c(c4)CC4(C)CCCCC4(C)N6c4ccc(C(F)(F)F)cc4)C7=CC5)cc3CC3(C)CCCCC23C)cc1. The van der Waals surface area contributed by atoms with Gasteiger partial charge in [-0.25, -0.2) is 0 Å². The average molecular weight is 865 g/mol. The first kappa shape index (κ1) is 40.9. The van der Waals surface area contributed by atoms with Gasteiger partial charge in [-0.2, -0.15) is 13.2 Å². The third kappa shape index (κ3) is 5.98. The van der Waals surface area contributed by atoms with Crippen LogP contribution in [0.15, 0.2) is 121 Å². The second kappa shape index (κ2) is 14.2. The van der Waals surface area contributed by atoms with Crippen LogP contribution in [0.4, 0.5) is 35.9 Å². The second-order valence-corrected chi connectivity index (χ2v) is 21.6. The van der Waals surface area contributed by atoms with Crippen molar-refractivity contribution in [2.75, 3.05) is 9.80 Å². The number of rotatable bonds is 4. The maximum Gasteiger partial charge on any atom is 0.416 e. The number of aryl methyl sites for hydroxylation is 1. The van der Waals surface area contributed by atoms with E-state index in [1.54, 1.807) is 12.1 Å². The number of anilines is 4. The topological polar surface area (TPSA) is 6.48 Å². The molecule has 2 fully saturated rings. The quantitative estimate of drug-likeness (QED) is 0.174. The van der Waals surface area contributed by atoms with Gasteiger partial charge in [0.15, 0.2) is 0 Å². The highest BCUT2D eigenvalue weighted by Gasteiger charge is 2.55. The monoisotopic (exact) mass is 864 g/mol. The molecule has 330 valence electrons. The van der Waals surface area contributed by atoms with E-state index in [0.717, 1.165) is 49.9 Å².